The van der Waals surface area contributed by atoms with E-state index >= 15 is 0 Å². The molecule has 0 fully saturated rings. The van der Waals surface area contributed by atoms with Gasteiger partial charge in [0, 0.05) is 6.08 Å². The Morgan fingerprint density at radius 2 is 2.50 bits per heavy atom. The predicted octanol–water partition coefficient (Wildman–Crippen LogP) is 0.867. The zero-order valence-electron chi connectivity index (χ0n) is 4.13. The summed E-state index contributed by atoms with van der Waals surface area (Å²) in [4.78, 5) is 9.51. The Balaban J connectivity index is 3.06. The Kier molecular flexibility index (Phi) is 5.66. The molecule has 2 nitrogen and oxygen atoms in total. The molecule has 0 bridgehead atoms. The molecular formula is C5H4NOS. The van der Waals surface area contributed by atoms with E-state index in [9.17, 15) is 4.79 Å². The lowest BCUT2D eigenvalue weighted by Gasteiger charge is -1.74. The molecule has 0 saturated carbocycles. The standard InChI is InChI=1S/C5H4NOS/c6-2-1-4-8-5-3-7/h1,4H,5H2. The fourth-order valence-electron chi connectivity index (χ4n) is 0.161. The van der Waals surface area contributed by atoms with Gasteiger partial charge >= 0.3 is 0 Å². The van der Waals surface area contributed by atoms with Crippen molar-refractivity contribution in [2.24, 2.45) is 0 Å². The highest BCUT2D eigenvalue weighted by Crippen LogP contribution is 1.96. The molecule has 8 heavy (non-hydrogen) atoms. The van der Waals surface area contributed by atoms with E-state index in [1.165, 1.54) is 17.8 Å². The Morgan fingerprint density at radius 1 is 1.75 bits per heavy atom. The van der Waals surface area contributed by atoms with Crippen LogP contribution >= 0.6 is 11.8 Å². The summed E-state index contributed by atoms with van der Waals surface area (Å²) in [6.07, 6.45) is 3.00. The van der Waals surface area contributed by atoms with Crippen LogP contribution in [0.5, 0.6) is 0 Å². The number of hydrogen-bond acceptors (Lipinski definition) is 3. The number of nitrogens with zero attached hydrogens (tertiary/aromatic N) is 1. The van der Waals surface area contributed by atoms with Crippen LogP contribution in [0.4, 0.5) is 0 Å². The quantitative estimate of drug-likeness (QED) is 0.416. The van der Waals surface area contributed by atoms with Crippen molar-refractivity contribution < 1.29 is 4.79 Å². The summed E-state index contributed by atoms with van der Waals surface area (Å²) in [5.74, 6) is 0.304. The molecule has 41 valence electrons. The van der Waals surface area contributed by atoms with E-state index in [1.807, 2.05) is 0 Å². The zero-order chi connectivity index (χ0) is 6.24. The molecule has 0 heterocycles. The van der Waals surface area contributed by atoms with Crippen LogP contribution in [0.15, 0.2) is 11.5 Å². The smallest absolute Gasteiger partial charge is 0.209 e. The van der Waals surface area contributed by atoms with Gasteiger partial charge in [0.2, 0.25) is 6.29 Å². The normalized spacial score (nSPS) is 8.88. The minimum atomic E-state index is 0.304. The monoisotopic (exact) mass is 126 g/mol. The highest BCUT2D eigenvalue weighted by molar-refractivity contribution is 8.02. The first-order valence-electron chi connectivity index (χ1n) is 1.93. The molecule has 0 aliphatic heterocycles. The number of allylic oxidation sites excluding steroid dienone is 1. The second kappa shape index (κ2) is 6.25. The van der Waals surface area contributed by atoms with E-state index < -0.39 is 0 Å². The van der Waals surface area contributed by atoms with Gasteiger partial charge in [-0.3, -0.25) is 4.79 Å². The maximum atomic E-state index is 9.51. The van der Waals surface area contributed by atoms with Gasteiger partial charge in [0.15, 0.2) is 0 Å². The summed E-state index contributed by atoms with van der Waals surface area (Å²) in [5, 5.41) is 9.48. The highest BCUT2D eigenvalue weighted by Gasteiger charge is 1.75. The molecular weight excluding hydrogens is 122 g/mol. The van der Waals surface area contributed by atoms with Crippen molar-refractivity contribution in [2.75, 3.05) is 5.75 Å². The van der Waals surface area contributed by atoms with Crippen molar-refractivity contribution in [3.8, 4) is 6.07 Å². The molecule has 0 aromatic carbocycles. The SMILES string of the molecule is N#CC=CSC[C]=O. The Morgan fingerprint density at radius 3 is 3.00 bits per heavy atom. The molecule has 0 N–H and O–H groups in total. The van der Waals surface area contributed by atoms with Gasteiger partial charge in [-0.1, -0.05) is 0 Å². The average Bonchev–Trinajstić information content (AvgIpc) is 1.81. The lowest BCUT2D eigenvalue weighted by Crippen LogP contribution is -1.70. The predicted molar refractivity (Wildman–Crippen MR) is 32.9 cm³/mol. The van der Waals surface area contributed by atoms with Crippen LogP contribution in [0.2, 0.25) is 0 Å². The first-order valence-corrected chi connectivity index (χ1v) is 2.98. The minimum absolute atomic E-state index is 0.304. The van der Waals surface area contributed by atoms with Crippen molar-refractivity contribution >= 4 is 18.0 Å². The van der Waals surface area contributed by atoms with Crippen LogP contribution in [-0.4, -0.2) is 12.0 Å². The fourth-order valence-corrected chi connectivity index (χ4v) is 0.482. The molecule has 0 aliphatic rings. The molecule has 0 aromatic heterocycles. The maximum absolute atomic E-state index is 9.51. The number of carbonyl (C=O) groups excluding carboxylic acids is 1. The van der Waals surface area contributed by atoms with Crippen molar-refractivity contribution in [1.29, 1.82) is 5.26 Å². The van der Waals surface area contributed by atoms with Gasteiger partial charge in [0.1, 0.15) is 0 Å². The number of rotatable bonds is 3. The van der Waals surface area contributed by atoms with Crippen LogP contribution < -0.4 is 0 Å². The summed E-state index contributed by atoms with van der Waals surface area (Å²) in [7, 11) is 0. The number of hydrogen-bond donors (Lipinski definition) is 0. The third kappa shape index (κ3) is 5.25. The summed E-state index contributed by atoms with van der Waals surface area (Å²) in [5.41, 5.74) is 0. The van der Waals surface area contributed by atoms with Gasteiger partial charge in [-0.25, -0.2) is 0 Å². The van der Waals surface area contributed by atoms with Crippen molar-refractivity contribution in [2.45, 2.75) is 0 Å². The van der Waals surface area contributed by atoms with Crippen LogP contribution in [0.25, 0.3) is 0 Å². The van der Waals surface area contributed by atoms with E-state index in [0.717, 1.165) is 0 Å². The molecule has 3 heteroatoms. The molecule has 0 aliphatic carbocycles. The summed E-state index contributed by atoms with van der Waals surface area (Å²) >= 11 is 1.25. The van der Waals surface area contributed by atoms with Crippen molar-refractivity contribution in [3.63, 3.8) is 0 Å². The summed E-state index contributed by atoms with van der Waals surface area (Å²) in [6.45, 7) is 0. The van der Waals surface area contributed by atoms with Crippen LogP contribution in [0.1, 0.15) is 0 Å². The van der Waals surface area contributed by atoms with Gasteiger partial charge in [0.25, 0.3) is 0 Å². The van der Waals surface area contributed by atoms with Crippen LogP contribution in [0.3, 0.4) is 0 Å². The third-order valence-electron chi connectivity index (χ3n) is 0.381. The topological polar surface area (TPSA) is 40.9 Å². The summed E-state index contributed by atoms with van der Waals surface area (Å²) < 4.78 is 0. The Labute approximate surface area is 52.2 Å². The molecule has 0 unspecified atom stereocenters. The maximum Gasteiger partial charge on any atom is 0.209 e. The van der Waals surface area contributed by atoms with Gasteiger partial charge in [-0.2, -0.15) is 5.26 Å². The molecule has 1 radical (unpaired) electrons. The second-order valence-corrected chi connectivity index (χ2v) is 1.78. The first-order chi connectivity index (χ1) is 3.91. The van der Waals surface area contributed by atoms with Gasteiger partial charge in [-0.15, -0.1) is 11.8 Å². The minimum Gasteiger partial charge on any atom is -0.290 e. The number of thioether (sulfide) groups is 1. The second-order valence-electron chi connectivity index (χ2n) is 0.887. The van der Waals surface area contributed by atoms with Gasteiger partial charge in [-0.05, 0) is 5.41 Å². The van der Waals surface area contributed by atoms with Gasteiger partial charge < -0.3 is 0 Å². The summed E-state index contributed by atoms with van der Waals surface area (Å²) in [6, 6.07) is 1.80. The first kappa shape index (κ1) is 7.25. The lowest BCUT2D eigenvalue weighted by atomic mass is 10.7. The van der Waals surface area contributed by atoms with Crippen LogP contribution in [0, 0.1) is 11.3 Å². The van der Waals surface area contributed by atoms with E-state index in [-0.39, 0.29) is 0 Å². The Bertz CT molecular complexity index is 125. The van der Waals surface area contributed by atoms with Gasteiger partial charge in [0.05, 0.1) is 11.8 Å². The molecule has 0 rings (SSSR count). The lowest BCUT2D eigenvalue weighted by molar-refractivity contribution is 0.560. The average molecular weight is 126 g/mol. The number of nitriles is 1. The molecule has 0 aromatic rings. The van der Waals surface area contributed by atoms with E-state index in [4.69, 9.17) is 5.26 Å². The molecule has 0 saturated heterocycles. The van der Waals surface area contributed by atoms with E-state index in [0.29, 0.717) is 5.75 Å². The largest absolute Gasteiger partial charge is 0.290 e. The Hall–Kier alpha value is -0.750. The third-order valence-corrected chi connectivity index (χ3v) is 0.994. The van der Waals surface area contributed by atoms with E-state index in [1.54, 1.807) is 17.8 Å². The van der Waals surface area contributed by atoms with Crippen LogP contribution in [-0.2, 0) is 4.79 Å². The molecule has 0 spiro atoms. The molecule has 0 amide bonds. The van der Waals surface area contributed by atoms with Crippen molar-refractivity contribution in [3.05, 3.63) is 11.5 Å². The van der Waals surface area contributed by atoms with Crippen molar-refractivity contribution in [1.82, 2.24) is 0 Å². The zero-order valence-corrected chi connectivity index (χ0v) is 4.94. The fraction of sp³-hybridized carbons (Fsp3) is 0.200. The molecule has 0 atom stereocenters. The highest BCUT2D eigenvalue weighted by atomic mass is 32.2. The van der Waals surface area contributed by atoms with E-state index in [2.05, 4.69) is 0 Å².